The standard InChI is InChI=1S/C13H25NO2/c1-4-12-8-7-9-13(15,16-12)10-11-14(5-2)6-3/h4,12,15H,1,5-11H2,2-3H3. The Hall–Kier alpha value is -0.380. The van der Waals surface area contributed by atoms with Crippen LogP contribution in [0.15, 0.2) is 12.7 Å². The van der Waals surface area contributed by atoms with Crippen LogP contribution < -0.4 is 0 Å². The topological polar surface area (TPSA) is 32.7 Å². The Balaban J connectivity index is 2.41. The van der Waals surface area contributed by atoms with E-state index in [4.69, 9.17) is 4.74 Å². The fourth-order valence-electron chi connectivity index (χ4n) is 2.20. The van der Waals surface area contributed by atoms with Gasteiger partial charge in [-0.2, -0.15) is 0 Å². The van der Waals surface area contributed by atoms with E-state index >= 15 is 0 Å². The van der Waals surface area contributed by atoms with Crippen molar-refractivity contribution in [1.29, 1.82) is 0 Å². The Morgan fingerprint density at radius 1 is 1.50 bits per heavy atom. The van der Waals surface area contributed by atoms with Crippen LogP contribution in [0, 0.1) is 0 Å². The monoisotopic (exact) mass is 227 g/mol. The molecular weight excluding hydrogens is 202 g/mol. The van der Waals surface area contributed by atoms with Gasteiger partial charge in [0.15, 0.2) is 5.79 Å². The van der Waals surface area contributed by atoms with Gasteiger partial charge in [0.25, 0.3) is 0 Å². The van der Waals surface area contributed by atoms with Crippen LogP contribution in [0.2, 0.25) is 0 Å². The number of ether oxygens (including phenoxy) is 1. The maximum Gasteiger partial charge on any atom is 0.167 e. The summed E-state index contributed by atoms with van der Waals surface area (Å²) in [7, 11) is 0. The van der Waals surface area contributed by atoms with Crippen molar-refractivity contribution < 1.29 is 9.84 Å². The van der Waals surface area contributed by atoms with Crippen LogP contribution >= 0.6 is 0 Å². The van der Waals surface area contributed by atoms with E-state index in [9.17, 15) is 5.11 Å². The lowest BCUT2D eigenvalue weighted by atomic mass is 9.98. The molecule has 94 valence electrons. The van der Waals surface area contributed by atoms with Crippen molar-refractivity contribution in [2.75, 3.05) is 19.6 Å². The van der Waals surface area contributed by atoms with Crippen LogP contribution in [0.4, 0.5) is 0 Å². The molecule has 0 saturated carbocycles. The molecule has 0 radical (unpaired) electrons. The maximum absolute atomic E-state index is 10.3. The second kappa shape index (κ2) is 6.38. The molecule has 3 heteroatoms. The summed E-state index contributed by atoms with van der Waals surface area (Å²) in [6, 6.07) is 0. The first kappa shape index (κ1) is 13.7. The van der Waals surface area contributed by atoms with E-state index in [2.05, 4.69) is 25.3 Å². The van der Waals surface area contributed by atoms with Gasteiger partial charge in [0.2, 0.25) is 0 Å². The minimum Gasteiger partial charge on any atom is -0.365 e. The van der Waals surface area contributed by atoms with Gasteiger partial charge in [0, 0.05) is 19.4 Å². The molecule has 16 heavy (non-hydrogen) atoms. The Bertz CT molecular complexity index is 216. The van der Waals surface area contributed by atoms with E-state index in [0.717, 1.165) is 38.9 Å². The third-order valence-electron chi connectivity index (χ3n) is 3.40. The van der Waals surface area contributed by atoms with Gasteiger partial charge in [-0.15, -0.1) is 6.58 Å². The van der Waals surface area contributed by atoms with Crippen molar-refractivity contribution in [2.24, 2.45) is 0 Å². The zero-order valence-electron chi connectivity index (χ0n) is 10.6. The second-order valence-electron chi connectivity index (χ2n) is 4.51. The highest BCUT2D eigenvalue weighted by molar-refractivity contribution is 4.87. The summed E-state index contributed by atoms with van der Waals surface area (Å²) in [5.74, 6) is -0.931. The number of aliphatic hydroxyl groups is 1. The van der Waals surface area contributed by atoms with Crippen LogP contribution in [0.25, 0.3) is 0 Å². The molecule has 1 heterocycles. The average molecular weight is 227 g/mol. The molecule has 1 saturated heterocycles. The highest BCUT2D eigenvalue weighted by Gasteiger charge is 2.33. The highest BCUT2D eigenvalue weighted by Crippen LogP contribution is 2.29. The van der Waals surface area contributed by atoms with Crippen molar-refractivity contribution in [3.8, 4) is 0 Å². The molecule has 1 N–H and O–H groups in total. The minimum absolute atomic E-state index is 0.0236. The first-order valence-corrected chi connectivity index (χ1v) is 6.38. The molecule has 0 bridgehead atoms. The van der Waals surface area contributed by atoms with Crippen molar-refractivity contribution in [3.05, 3.63) is 12.7 Å². The van der Waals surface area contributed by atoms with E-state index in [1.54, 1.807) is 6.08 Å². The van der Waals surface area contributed by atoms with Crippen molar-refractivity contribution in [3.63, 3.8) is 0 Å². The molecule has 2 atom stereocenters. The summed E-state index contributed by atoms with van der Waals surface area (Å²) in [6.07, 6.45) is 5.26. The van der Waals surface area contributed by atoms with Crippen LogP contribution in [0.1, 0.15) is 39.5 Å². The summed E-state index contributed by atoms with van der Waals surface area (Å²) in [5.41, 5.74) is 0. The van der Waals surface area contributed by atoms with Crippen molar-refractivity contribution in [2.45, 2.75) is 51.4 Å². The van der Waals surface area contributed by atoms with Gasteiger partial charge in [0.1, 0.15) is 0 Å². The molecule has 1 rings (SSSR count). The molecule has 0 amide bonds. The van der Waals surface area contributed by atoms with Gasteiger partial charge in [-0.25, -0.2) is 0 Å². The minimum atomic E-state index is -0.931. The summed E-state index contributed by atoms with van der Waals surface area (Å²) in [4.78, 5) is 2.30. The third kappa shape index (κ3) is 3.89. The normalized spacial score (nSPS) is 30.6. The molecule has 1 aliphatic heterocycles. The lowest BCUT2D eigenvalue weighted by Crippen LogP contribution is -2.42. The van der Waals surface area contributed by atoms with Crippen LogP contribution in [0.3, 0.4) is 0 Å². The molecule has 3 nitrogen and oxygen atoms in total. The molecule has 2 unspecified atom stereocenters. The Morgan fingerprint density at radius 3 is 2.75 bits per heavy atom. The summed E-state index contributed by atoms with van der Waals surface area (Å²) >= 11 is 0. The molecule has 0 aromatic carbocycles. The highest BCUT2D eigenvalue weighted by atomic mass is 16.6. The maximum atomic E-state index is 10.3. The van der Waals surface area contributed by atoms with E-state index < -0.39 is 5.79 Å². The third-order valence-corrected chi connectivity index (χ3v) is 3.40. The smallest absolute Gasteiger partial charge is 0.167 e. The Labute approximate surface area is 99.1 Å². The Morgan fingerprint density at radius 2 is 2.19 bits per heavy atom. The molecule has 0 aromatic heterocycles. The fourth-order valence-corrected chi connectivity index (χ4v) is 2.20. The zero-order valence-corrected chi connectivity index (χ0v) is 10.6. The summed E-state index contributed by atoms with van der Waals surface area (Å²) in [6.45, 7) is 11.0. The lowest BCUT2D eigenvalue weighted by molar-refractivity contribution is -0.247. The average Bonchev–Trinajstić information content (AvgIpc) is 2.30. The first-order valence-electron chi connectivity index (χ1n) is 6.38. The number of hydrogen-bond acceptors (Lipinski definition) is 3. The van der Waals surface area contributed by atoms with E-state index in [-0.39, 0.29) is 6.10 Å². The van der Waals surface area contributed by atoms with E-state index in [0.29, 0.717) is 6.42 Å². The summed E-state index contributed by atoms with van der Waals surface area (Å²) in [5, 5.41) is 10.3. The lowest BCUT2D eigenvalue weighted by Gasteiger charge is -2.37. The molecule has 0 aromatic rings. The van der Waals surface area contributed by atoms with Crippen molar-refractivity contribution >= 4 is 0 Å². The van der Waals surface area contributed by atoms with E-state index in [1.807, 2.05) is 0 Å². The number of hydrogen-bond donors (Lipinski definition) is 1. The Kier molecular flexibility index (Phi) is 5.46. The van der Waals surface area contributed by atoms with Gasteiger partial charge < -0.3 is 14.7 Å². The quantitative estimate of drug-likeness (QED) is 0.706. The zero-order chi connectivity index (χ0) is 12.0. The predicted octanol–water partition coefficient (Wildman–Crippen LogP) is 2.16. The van der Waals surface area contributed by atoms with E-state index in [1.165, 1.54) is 0 Å². The molecule has 0 aliphatic carbocycles. The molecule has 1 fully saturated rings. The van der Waals surface area contributed by atoms with Gasteiger partial charge in [-0.3, -0.25) is 0 Å². The largest absolute Gasteiger partial charge is 0.365 e. The van der Waals surface area contributed by atoms with Crippen LogP contribution in [0.5, 0.6) is 0 Å². The van der Waals surface area contributed by atoms with Gasteiger partial charge in [-0.1, -0.05) is 19.9 Å². The van der Waals surface area contributed by atoms with Gasteiger partial charge in [-0.05, 0) is 25.9 Å². The second-order valence-corrected chi connectivity index (χ2v) is 4.51. The molecular formula is C13H25NO2. The van der Waals surface area contributed by atoms with Crippen molar-refractivity contribution in [1.82, 2.24) is 4.90 Å². The predicted molar refractivity (Wildman–Crippen MR) is 66.3 cm³/mol. The molecule has 1 aliphatic rings. The first-order chi connectivity index (χ1) is 7.63. The SMILES string of the molecule is C=CC1CCCC(O)(CCN(CC)CC)O1. The number of nitrogens with zero attached hydrogens (tertiary/aromatic N) is 1. The van der Waals surface area contributed by atoms with Gasteiger partial charge >= 0.3 is 0 Å². The molecule has 0 spiro atoms. The fraction of sp³-hybridized carbons (Fsp3) is 0.846. The van der Waals surface area contributed by atoms with Crippen LogP contribution in [-0.2, 0) is 4.74 Å². The summed E-state index contributed by atoms with van der Waals surface area (Å²) < 4.78 is 5.67. The number of rotatable bonds is 6. The van der Waals surface area contributed by atoms with Crippen LogP contribution in [-0.4, -0.2) is 41.5 Å². The van der Waals surface area contributed by atoms with Gasteiger partial charge in [0.05, 0.1) is 6.10 Å².